The second-order valence-electron chi connectivity index (χ2n) is 4.95. The van der Waals surface area contributed by atoms with Crippen molar-refractivity contribution in [3.8, 4) is 17.2 Å². The van der Waals surface area contributed by atoms with Crippen molar-refractivity contribution >= 4 is 5.69 Å². The van der Waals surface area contributed by atoms with Gasteiger partial charge in [0.2, 0.25) is 0 Å². The molecule has 112 valence electrons. The number of aromatic hydroxyl groups is 2. The molecule has 0 bridgehead atoms. The summed E-state index contributed by atoms with van der Waals surface area (Å²) in [6.45, 7) is 4.65. The molecule has 0 radical (unpaired) electrons. The highest BCUT2D eigenvalue weighted by molar-refractivity contribution is 5.52. The van der Waals surface area contributed by atoms with E-state index < -0.39 is 0 Å². The Bertz CT molecular complexity index is 561. The molecule has 0 fully saturated rings. The first-order chi connectivity index (χ1) is 10.1. The molecule has 0 saturated heterocycles. The molecule has 2 rings (SSSR count). The second kappa shape index (κ2) is 6.88. The van der Waals surface area contributed by atoms with Crippen LogP contribution in [0.25, 0.3) is 0 Å². The summed E-state index contributed by atoms with van der Waals surface area (Å²) in [4.78, 5) is 0. The molecule has 3 N–H and O–H groups in total. The molecule has 0 aromatic heterocycles. The summed E-state index contributed by atoms with van der Waals surface area (Å²) >= 11 is 0. The molecule has 4 heteroatoms. The smallest absolute Gasteiger partial charge is 0.124 e. The van der Waals surface area contributed by atoms with E-state index in [2.05, 4.69) is 12.2 Å². The van der Waals surface area contributed by atoms with Gasteiger partial charge in [-0.1, -0.05) is 13.0 Å². The Hall–Kier alpha value is -2.36. The molecule has 1 atom stereocenters. The van der Waals surface area contributed by atoms with Crippen molar-refractivity contribution in [3.63, 3.8) is 0 Å². The number of hydrogen-bond donors (Lipinski definition) is 3. The van der Waals surface area contributed by atoms with Crippen molar-refractivity contribution in [2.75, 3.05) is 11.9 Å². The van der Waals surface area contributed by atoms with E-state index in [1.165, 1.54) is 0 Å². The number of phenolic OH excluding ortho intramolecular Hbond substituents is 2. The lowest BCUT2D eigenvalue weighted by molar-refractivity contribution is 0.317. The van der Waals surface area contributed by atoms with Gasteiger partial charge in [0.15, 0.2) is 0 Å². The van der Waals surface area contributed by atoms with Gasteiger partial charge in [0.1, 0.15) is 17.2 Å². The van der Waals surface area contributed by atoms with Crippen LogP contribution in [0.15, 0.2) is 42.5 Å². The highest BCUT2D eigenvalue weighted by atomic mass is 16.5. The summed E-state index contributed by atoms with van der Waals surface area (Å²) in [5.41, 5.74) is 1.39. The number of nitrogens with one attached hydrogen (secondary N) is 1. The first kappa shape index (κ1) is 15.0. The van der Waals surface area contributed by atoms with Crippen LogP contribution < -0.4 is 10.1 Å². The van der Waals surface area contributed by atoms with Crippen molar-refractivity contribution in [1.82, 2.24) is 0 Å². The van der Waals surface area contributed by atoms with Crippen LogP contribution in [0, 0.1) is 0 Å². The zero-order valence-corrected chi connectivity index (χ0v) is 12.3. The van der Waals surface area contributed by atoms with Gasteiger partial charge in [0, 0.05) is 5.69 Å². The van der Waals surface area contributed by atoms with Gasteiger partial charge >= 0.3 is 0 Å². The number of rotatable bonds is 6. The third-order valence-electron chi connectivity index (χ3n) is 3.20. The molecule has 2 aromatic rings. The minimum Gasteiger partial charge on any atom is -0.507 e. The average molecular weight is 287 g/mol. The molecule has 0 heterocycles. The molecule has 21 heavy (non-hydrogen) atoms. The van der Waals surface area contributed by atoms with Crippen molar-refractivity contribution in [1.29, 1.82) is 0 Å². The summed E-state index contributed by atoms with van der Waals surface area (Å²) < 4.78 is 5.53. The summed E-state index contributed by atoms with van der Waals surface area (Å²) in [6, 6.07) is 12.2. The maximum Gasteiger partial charge on any atom is 0.124 e. The van der Waals surface area contributed by atoms with Gasteiger partial charge < -0.3 is 20.3 Å². The van der Waals surface area contributed by atoms with Gasteiger partial charge in [0.05, 0.1) is 18.2 Å². The Labute approximate surface area is 125 Å². The first-order valence-electron chi connectivity index (χ1n) is 7.12. The zero-order valence-electron chi connectivity index (χ0n) is 12.3. The summed E-state index contributed by atoms with van der Waals surface area (Å²) in [5.74, 6) is 0.997. The molecule has 0 amide bonds. The lowest BCUT2D eigenvalue weighted by Crippen LogP contribution is -2.07. The topological polar surface area (TPSA) is 61.7 Å². The standard InChI is InChI=1S/C17H21NO3/c1-3-11-21-14-9-7-13(8-10-14)18-12(2)17-15(19)5-4-6-16(17)20/h4-10,12,18-20H,3,11H2,1-2H3. The Kier molecular flexibility index (Phi) is 4.93. The lowest BCUT2D eigenvalue weighted by atomic mass is 10.1. The number of hydrogen-bond acceptors (Lipinski definition) is 4. The van der Waals surface area contributed by atoms with Crippen molar-refractivity contribution in [2.24, 2.45) is 0 Å². The second-order valence-corrected chi connectivity index (χ2v) is 4.95. The van der Waals surface area contributed by atoms with Crippen molar-refractivity contribution in [3.05, 3.63) is 48.0 Å². The molecule has 0 aliphatic heterocycles. The summed E-state index contributed by atoms with van der Waals surface area (Å²) in [5, 5.41) is 23.0. The average Bonchev–Trinajstić information content (AvgIpc) is 2.46. The maximum absolute atomic E-state index is 9.86. The molecular weight excluding hydrogens is 266 g/mol. The molecular formula is C17H21NO3. The predicted octanol–water partition coefficient (Wildman–Crippen LogP) is 4.06. The van der Waals surface area contributed by atoms with E-state index in [4.69, 9.17) is 4.74 Å². The number of benzene rings is 2. The normalized spacial score (nSPS) is 11.9. The van der Waals surface area contributed by atoms with E-state index in [9.17, 15) is 10.2 Å². The SMILES string of the molecule is CCCOc1ccc(NC(C)c2c(O)cccc2O)cc1. The van der Waals surface area contributed by atoms with Crippen LogP contribution in [0.5, 0.6) is 17.2 Å². The Morgan fingerprint density at radius 1 is 1.05 bits per heavy atom. The highest BCUT2D eigenvalue weighted by Crippen LogP contribution is 2.34. The van der Waals surface area contributed by atoms with Crippen LogP contribution in [-0.2, 0) is 0 Å². The fourth-order valence-electron chi connectivity index (χ4n) is 2.17. The molecule has 1 unspecified atom stereocenters. The number of phenols is 2. The molecule has 0 aliphatic rings. The third kappa shape index (κ3) is 3.81. The fraction of sp³-hybridized carbons (Fsp3) is 0.294. The Morgan fingerprint density at radius 3 is 2.24 bits per heavy atom. The Morgan fingerprint density at radius 2 is 1.67 bits per heavy atom. The lowest BCUT2D eigenvalue weighted by Gasteiger charge is -2.18. The van der Waals surface area contributed by atoms with Crippen LogP contribution in [-0.4, -0.2) is 16.8 Å². The van der Waals surface area contributed by atoms with Gasteiger partial charge in [-0.3, -0.25) is 0 Å². The molecule has 0 spiro atoms. The van der Waals surface area contributed by atoms with Crippen LogP contribution in [0.4, 0.5) is 5.69 Å². The van der Waals surface area contributed by atoms with E-state index in [-0.39, 0.29) is 17.5 Å². The summed E-state index contributed by atoms with van der Waals surface area (Å²) in [6.07, 6.45) is 0.976. The maximum atomic E-state index is 9.86. The molecule has 4 nitrogen and oxygen atoms in total. The Balaban J connectivity index is 2.07. The van der Waals surface area contributed by atoms with E-state index in [1.807, 2.05) is 31.2 Å². The largest absolute Gasteiger partial charge is 0.507 e. The first-order valence-corrected chi connectivity index (χ1v) is 7.12. The minimum absolute atomic E-state index is 0.0814. The van der Waals surface area contributed by atoms with Gasteiger partial charge in [-0.2, -0.15) is 0 Å². The fourth-order valence-corrected chi connectivity index (χ4v) is 2.17. The van der Waals surface area contributed by atoms with Gasteiger partial charge in [-0.15, -0.1) is 0 Å². The predicted molar refractivity (Wildman–Crippen MR) is 84.0 cm³/mol. The van der Waals surface area contributed by atoms with E-state index in [0.29, 0.717) is 12.2 Å². The summed E-state index contributed by atoms with van der Waals surface area (Å²) in [7, 11) is 0. The third-order valence-corrected chi connectivity index (χ3v) is 3.20. The van der Waals surface area contributed by atoms with Crippen molar-refractivity contribution in [2.45, 2.75) is 26.3 Å². The van der Waals surface area contributed by atoms with Gasteiger partial charge in [-0.05, 0) is 49.7 Å². The highest BCUT2D eigenvalue weighted by Gasteiger charge is 2.14. The van der Waals surface area contributed by atoms with Crippen LogP contribution in [0.1, 0.15) is 31.9 Å². The minimum atomic E-state index is -0.214. The van der Waals surface area contributed by atoms with Crippen LogP contribution in [0.2, 0.25) is 0 Å². The monoisotopic (exact) mass is 287 g/mol. The molecule has 0 saturated carbocycles. The van der Waals surface area contributed by atoms with E-state index >= 15 is 0 Å². The zero-order chi connectivity index (χ0) is 15.2. The number of ether oxygens (including phenoxy) is 1. The van der Waals surface area contributed by atoms with Gasteiger partial charge in [0.25, 0.3) is 0 Å². The number of anilines is 1. The van der Waals surface area contributed by atoms with Crippen LogP contribution in [0.3, 0.4) is 0 Å². The van der Waals surface area contributed by atoms with E-state index in [1.54, 1.807) is 18.2 Å². The molecule has 2 aromatic carbocycles. The van der Waals surface area contributed by atoms with Crippen LogP contribution >= 0.6 is 0 Å². The van der Waals surface area contributed by atoms with Crippen molar-refractivity contribution < 1.29 is 14.9 Å². The van der Waals surface area contributed by atoms with Gasteiger partial charge in [-0.25, -0.2) is 0 Å². The van der Waals surface area contributed by atoms with E-state index in [0.717, 1.165) is 17.9 Å². The molecule has 0 aliphatic carbocycles. The quantitative estimate of drug-likeness (QED) is 0.749.